The number of amides is 1. The van der Waals surface area contributed by atoms with Crippen LogP contribution in [0.3, 0.4) is 0 Å². The van der Waals surface area contributed by atoms with Crippen LogP contribution in [0.1, 0.15) is 10.4 Å². The molecule has 2 aromatic rings. The molecule has 0 unspecified atom stereocenters. The number of carbonyl (C=O) groups is 1. The number of halogens is 1. The van der Waals surface area contributed by atoms with Crippen LogP contribution in [0.5, 0.6) is 0 Å². The van der Waals surface area contributed by atoms with Crippen LogP contribution >= 0.6 is 35.2 Å². The fourth-order valence-electron chi connectivity index (χ4n) is 1.42. The van der Waals surface area contributed by atoms with Crippen molar-refractivity contribution in [2.45, 2.75) is 4.90 Å². The van der Waals surface area contributed by atoms with Gasteiger partial charge in [0, 0.05) is 8.47 Å². The maximum absolute atomic E-state index is 12.0. The summed E-state index contributed by atoms with van der Waals surface area (Å²) in [6.45, 7) is 0. The maximum atomic E-state index is 12.0. The molecule has 0 fully saturated rings. The summed E-state index contributed by atoms with van der Waals surface area (Å²) >= 11 is 6.45. The predicted octanol–water partition coefficient (Wildman–Crippen LogP) is 3.83. The first-order chi connectivity index (χ1) is 8.18. The second-order valence-electron chi connectivity index (χ2n) is 3.45. The van der Waals surface area contributed by atoms with E-state index in [4.69, 9.17) is 0 Å². The largest absolute Gasteiger partial charge is 0.321 e. The normalized spacial score (nSPS) is 10.0. The van der Waals surface area contributed by atoms with E-state index in [1.54, 1.807) is 12.1 Å². The van der Waals surface area contributed by atoms with Crippen molar-refractivity contribution in [1.82, 2.24) is 0 Å². The summed E-state index contributed by atoms with van der Waals surface area (Å²) in [5, 5.41) is 2.87. The summed E-state index contributed by atoms with van der Waals surface area (Å²) in [6, 6.07) is 14.9. The molecule has 0 aromatic heterocycles. The number of anilines is 1. The predicted molar refractivity (Wildman–Crippen MR) is 80.8 cm³/mol. The minimum atomic E-state index is -0.139. The van der Waals surface area contributed by atoms with Crippen LogP contribution in [0, 0.1) is 3.57 Å². The fraction of sp³-hybridized carbons (Fsp3) is 0. The van der Waals surface area contributed by atoms with Gasteiger partial charge in [-0.1, -0.05) is 24.3 Å². The molecule has 0 spiro atoms. The standard InChI is InChI=1S/C13H10INOS/c14-10-6-2-3-7-11(10)15-13(16)9-5-1-4-8-12(9)17/h1-8,17H,(H,15,16). The number of rotatable bonds is 2. The molecule has 17 heavy (non-hydrogen) atoms. The van der Waals surface area contributed by atoms with Crippen molar-refractivity contribution in [2.24, 2.45) is 0 Å². The van der Waals surface area contributed by atoms with Crippen LogP contribution in [0.2, 0.25) is 0 Å². The quantitative estimate of drug-likeness (QED) is 0.622. The first-order valence-corrected chi connectivity index (χ1v) is 6.55. The van der Waals surface area contributed by atoms with Crippen LogP contribution in [0.25, 0.3) is 0 Å². The van der Waals surface area contributed by atoms with Crippen LogP contribution in [0.15, 0.2) is 53.4 Å². The summed E-state index contributed by atoms with van der Waals surface area (Å²) in [7, 11) is 0. The molecule has 0 heterocycles. The van der Waals surface area contributed by atoms with E-state index in [1.807, 2.05) is 36.4 Å². The van der Waals surface area contributed by atoms with Gasteiger partial charge in [-0.25, -0.2) is 0 Å². The molecule has 86 valence electrons. The highest BCUT2D eigenvalue weighted by atomic mass is 127. The van der Waals surface area contributed by atoms with Crippen LogP contribution in [0.4, 0.5) is 5.69 Å². The van der Waals surface area contributed by atoms with E-state index < -0.39 is 0 Å². The SMILES string of the molecule is O=C(Nc1ccccc1I)c1ccccc1S. The number of hydrogen-bond acceptors (Lipinski definition) is 2. The average Bonchev–Trinajstić information content (AvgIpc) is 2.32. The van der Waals surface area contributed by atoms with Gasteiger partial charge in [0.15, 0.2) is 0 Å². The van der Waals surface area contributed by atoms with Gasteiger partial charge in [0.05, 0.1) is 11.3 Å². The lowest BCUT2D eigenvalue weighted by molar-refractivity contribution is 0.102. The topological polar surface area (TPSA) is 29.1 Å². The molecule has 4 heteroatoms. The zero-order valence-corrected chi connectivity index (χ0v) is 11.9. The molecule has 2 nitrogen and oxygen atoms in total. The molecule has 0 saturated carbocycles. The van der Waals surface area contributed by atoms with Crippen LogP contribution in [-0.2, 0) is 0 Å². The first kappa shape index (κ1) is 12.4. The minimum absolute atomic E-state index is 0.139. The number of hydrogen-bond donors (Lipinski definition) is 2. The molecular formula is C13H10INOS. The van der Waals surface area contributed by atoms with Crippen molar-refractivity contribution >= 4 is 46.8 Å². The Balaban J connectivity index is 2.24. The van der Waals surface area contributed by atoms with Crippen molar-refractivity contribution in [3.63, 3.8) is 0 Å². The van der Waals surface area contributed by atoms with E-state index in [2.05, 4.69) is 40.5 Å². The second-order valence-corrected chi connectivity index (χ2v) is 5.10. The Morgan fingerprint density at radius 3 is 2.41 bits per heavy atom. The molecule has 0 bridgehead atoms. The highest BCUT2D eigenvalue weighted by molar-refractivity contribution is 14.1. The minimum Gasteiger partial charge on any atom is -0.321 e. The number of para-hydroxylation sites is 1. The molecule has 0 aliphatic heterocycles. The fourth-order valence-corrected chi connectivity index (χ4v) is 2.20. The molecule has 1 amide bonds. The van der Waals surface area contributed by atoms with Gasteiger partial charge in [0.1, 0.15) is 0 Å². The Labute approximate surface area is 119 Å². The van der Waals surface area contributed by atoms with Crippen LogP contribution in [-0.4, -0.2) is 5.91 Å². The van der Waals surface area contributed by atoms with Gasteiger partial charge >= 0.3 is 0 Å². The Bertz CT molecular complexity index is 557. The van der Waals surface area contributed by atoms with Crippen LogP contribution < -0.4 is 5.32 Å². The summed E-state index contributed by atoms with van der Waals surface area (Å²) < 4.78 is 1.01. The molecule has 2 aromatic carbocycles. The molecule has 0 radical (unpaired) electrons. The number of nitrogens with one attached hydrogen (secondary N) is 1. The van der Waals surface area contributed by atoms with E-state index in [0.717, 1.165) is 9.26 Å². The van der Waals surface area contributed by atoms with Crippen molar-refractivity contribution < 1.29 is 4.79 Å². The summed E-state index contributed by atoms with van der Waals surface area (Å²) in [5.74, 6) is -0.139. The molecule has 1 N–H and O–H groups in total. The third kappa shape index (κ3) is 3.01. The van der Waals surface area contributed by atoms with Gasteiger partial charge in [-0.2, -0.15) is 0 Å². The Kier molecular flexibility index (Phi) is 4.06. The van der Waals surface area contributed by atoms with Gasteiger partial charge in [-0.05, 0) is 46.9 Å². The number of thiol groups is 1. The Morgan fingerprint density at radius 1 is 1.06 bits per heavy atom. The lowest BCUT2D eigenvalue weighted by Gasteiger charge is -2.08. The lowest BCUT2D eigenvalue weighted by atomic mass is 10.2. The van der Waals surface area contributed by atoms with Gasteiger partial charge in [0.25, 0.3) is 5.91 Å². The summed E-state index contributed by atoms with van der Waals surface area (Å²) in [5.41, 5.74) is 1.39. The monoisotopic (exact) mass is 355 g/mol. The number of benzene rings is 2. The van der Waals surface area contributed by atoms with Gasteiger partial charge in [0.2, 0.25) is 0 Å². The molecule has 0 aliphatic rings. The Hall–Kier alpha value is -1.01. The second kappa shape index (κ2) is 5.55. The maximum Gasteiger partial charge on any atom is 0.256 e. The summed E-state index contributed by atoms with van der Waals surface area (Å²) in [6.07, 6.45) is 0. The highest BCUT2D eigenvalue weighted by Gasteiger charge is 2.09. The zero-order chi connectivity index (χ0) is 12.3. The van der Waals surface area contributed by atoms with Crippen molar-refractivity contribution in [3.8, 4) is 0 Å². The average molecular weight is 355 g/mol. The van der Waals surface area contributed by atoms with Crippen molar-refractivity contribution in [2.75, 3.05) is 5.32 Å². The molecule has 2 rings (SSSR count). The third-order valence-electron chi connectivity index (χ3n) is 2.27. The van der Waals surface area contributed by atoms with Gasteiger partial charge in [-0.3, -0.25) is 4.79 Å². The molecule has 0 aliphatic carbocycles. The smallest absolute Gasteiger partial charge is 0.256 e. The van der Waals surface area contributed by atoms with E-state index in [0.29, 0.717) is 10.5 Å². The Morgan fingerprint density at radius 2 is 1.71 bits per heavy atom. The zero-order valence-electron chi connectivity index (χ0n) is 8.85. The van der Waals surface area contributed by atoms with Crippen molar-refractivity contribution in [3.05, 3.63) is 57.7 Å². The van der Waals surface area contributed by atoms with E-state index >= 15 is 0 Å². The summed E-state index contributed by atoms with van der Waals surface area (Å²) in [4.78, 5) is 12.7. The van der Waals surface area contributed by atoms with Gasteiger partial charge < -0.3 is 5.32 Å². The van der Waals surface area contributed by atoms with E-state index in [1.165, 1.54) is 0 Å². The van der Waals surface area contributed by atoms with E-state index in [-0.39, 0.29) is 5.91 Å². The number of carbonyl (C=O) groups excluding carboxylic acids is 1. The molecular weight excluding hydrogens is 345 g/mol. The van der Waals surface area contributed by atoms with Crippen molar-refractivity contribution in [1.29, 1.82) is 0 Å². The molecule has 0 atom stereocenters. The lowest BCUT2D eigenvalue weighted by Crippen LogP contribution is -2.13. The first-order valence-electron chi connectivity index (χ1n) is 5.02. The van der Waals surface area contributed by atoms with E-state index in [9.17, 15) is 4.79 Å². The van der Waals surface area contributed by atoms with Gasteiger partial charge in [-0.15, -0.1) is 12.6 Å². The highest BCUT2D eigenvalue weighted by Crippen LogP contribution is 2.19. The molecule has 0 saturated heterocycles. The third-order valence-corrected chi connectivity index (χ3v) is 3.60.